The predicted molar refractivity (Wildman–Crippen MR) is 135 cm³/mol. The van der Waals surface area contributed by atoms with Crippen LogP contribution in [-0.2, 0) is 9.53 Å². The first-order valence-corrected chi connectivity index (χ1v) is 12.0. The largest absolute Gasteiger partial charge is 0.376 e. The second-order valence-electron chi connectivity index (χ2n) is 8.80. The summed E-state index contributed by atoms with van der Waals surface area (Å²) in [4.78, 5) is 38.1. The van der Waals surface area contributed by atoms with Crippen molar-refractivity contribution in [1.29, 1.82) is 0 Å². The zero-order valence-electron chi connectivity index (χ0n) is 19.6. The van der Waals surface area contributed by atoms with E-state index in [1.165, 1.54) is 24.6 Å². The monoisotopic (exact) mass is 478 g/mol. The summed E-state index contributed by atoms with van der Waals surface area (Å²) in [6, 6.07) is 11.3. The van der Waals surface area contributed by atoms with Gasteiger partial charge >= 0.3 is 0 Å². The van der Waals surface area contributed by atoms with Gasteiger partial charge in [0, 0.05) is 55.8 Å². The lowest BCUT2D eigenvalue weighted by atomic mass is 10.1. The predicted octanol–water partition coefficient (Wildman–Crippen LogP) is 4.15. The molecule has 35 heavy (non-hydrogen) atoms. The fourth-order valence-corrected chi connectivity index (χ4v) is 4.38. The van der Waals surface area contributed by atoms with E-state index in [4.69, 9.17) is 4.74 Å². The fourth-order valence-electron chi connectivity index (χ4n) is 4.38. The van der Waals surface area contributed by atoms with Crippen LogP contribution < -0.4 is 15.5 Å². The summed E-state index contributed by atoms with van der Waals surface area (Å²) in [7, 11) is 0. The van der Waals surface area contributed by atoms with Gasteiger partial charge in [0.05, 0.1) is 16.6 Å². The van der Waals surface area contributed by atoms with E-state index in [9.17, 15) is 19.7 Å². The molecule has 184 valence electrons. The van der Waals surface area contributed by atoms with E-state index in [1.807, 2.05) is 6.07 Å². The molecule has 2 saturated heterocycles. The van der Waals surface area contributed by atoms with Gasteiger partial charge in [0.15, 0.2) is 0 Å². The van der Waals surface area contributed by atoms with Gasteiger partial charge in [-0.05, 0) is 74.1 Å². The molecule has 0 saturated carbocycles. The Hall–Kier alpha value is -3.72. The summed E-state index contributed by atoms with van der Waals surface area (Å²) in [6.07, 6.45) is 8.29. The zero-order chi connectivity index (χ0) is 24.6. The van der Waals surface area contributed by atoms with Gasteiger partial charge in [-0.3, -0.25) is 19.7 Å². The number of piperidine rings is 1. The van der Waals surface area contributed by atoms with Crippen LogP contribution in [0, 0.1) is 10.1 Å². The van der Waals surface area contributed by atoms with Gasteiger partial charge < -0.3 is 20.3 Å². The molecular formula is C26H30N4O5. The highest BCUT2D eigenvalue weighted by molar-refractivity contribution is 6.05. The van der Waals surface area contributed by atoms with E-state index in [0.29, 0.717) is 23.4 Å². The maximum Gasteiger partial charge on any atom is 0.269 e. The normalized spacial score (nSPS) is 17.9. The summed E-state index contributed by atoms with van der Waals surface area (Å²) < 4.78 is 5.62. The molecule has 2 aromatic rings. The Balaban J connectivity index is 1.46. The van der Waals surface area contributed by atoms with Crippen LogP contribution in [0.25, 0.3) is 6.08 Å². The first kappa shape index (κ1) is 24.4. The van der Waals surface area contributed by atoms with Crippen molar-refractivity contribution in [3.8, 4) is 0 Å². The van der Waals surface area contributed by atoms with Crippen molar-refractivity contribution in [3.05, 3.63) is 69.8 Å². The Bertz CT molecular complexity index is 1090. The Morgan fingerprint density at radius 2 is 1.86 bits per heavy atom. The van der Waals surface area contributed by atoms with Gasteiger partial charge in [-0.15, -0.1) is 0 Å². The zero-order valence-corrected chi connectivity index (χ0v) is 19.6. The number of amides is 2. The van der Waals surface area contributed by atoms with Gasteiger partial charge in [-0.25, -0.2) is 0 Å². The molecule has 2 amide bonds. The minimum atomic E-state index is -0.470. The van der Waals surface area contributed by atoms with Crippen LogP contribution in [0.3, 0.4) is 0 Å². The van der Waals surface area contributed by atoms with Gasteiger partial charge in [-0.1, -0.05) is 0 Å². The molecule has 0 bridgehead atoms. The molecule has 2 fully saturated rings. The number of benzene rings is 2. The molecule has 1 unspecified atom stereocenters. The highest BCUT2D eigenvalue weighted by Gasteiger charge is 2.21. The highest BCUT2D eigenvalue weighted by Crippen LogP contribution is 2.27. The van der Waals surface area contributed by atoms with Crippen LogP contribution >= 0.6 is 0 Å². The number of anilines is 2. The summed E-state index contributed by atoms with van der Waals surface area (Å²) >= 11 is 0. The fraction of sp³-hybridized carbons (Fsp3) is 0.385. The average molecular weight is 479 g/mol. The summed E-state index contributed by atoms with van der Waals surface area (Å²) in [5, 5.41) is 16.6. The molecule has 9 nitrogen and oxygen atoms in total. The third-order valence-corrected chi connectivity index (χ3v) is 6.25. The van der Waals surface area contributed by atoms with E-state index in [0.717, 1.165) is 51.1 Å². The Morgan fingerprint density at radius 1 is 1.09 bits per heavy atom. The van der Waals surface area contributed by atoms with Crippen LogP contribution in [0.2, 0.25) is 0 Å². The van der Waals surface area contributed by atoms with Crippen LogP contribution in [0.15, 0.2) is 48.5 Å². The van der Waals surface area contributed by atoms with Crippen molar-refractivity contribution < 1.29 is 19.2 Å². The van der Waals surface area contributed by atoms with E-state index in [-0.39, 0.29) is 23.6 Å². The molecule has 0 spiro atoms. The number of non-ortho nitro benzene ring substituents is 1. The lowest BCUT2D eigenvalue weighted by Gasteiger charge is -2.30. The van der Waals surface area contributed by atoms with Crippen molar-refractivity contribution in [2.75, 3.05) is 36.5 Å². The molecule has 0 aliphatic carbocycles. The van der Waals surface area contributed by atoms with Crippen LogP contribution in [0.5, 0.6) is 0 Å². The molecule has 2 heterocycles. The number of carbonyl (C=O) groups excluding carboxylic acids is 2. The molecule has 2 aliphatic rings. The van der Waals surface area contributed by atoms with E-state index < -0.39 is 4.92 Å². The number of nitrogens with zero attached hydrogens (tertiary/aromatic N) is 2. The first-order chi connectivity index (χ1) is 17.0. The van der Waals surface area contributed by atoms with Gasteiger partial charge in [0.25, 0.3) is 11.6 Å². The van der Waals surface area contributed by atoms with E-state index in [2.05, 4.69) is 15.5 Å². The standard InChI is InChI=1S/C26H30N4O5/c31-25(13-8-19-6-10-21(11-7-19)30(33)34)28-20-9-12-24(29-14-2-1-3-15-29)23(17-20)26(32)27-18-22-5-4-16-35-22/h6-13,17,22H,1-5,14-16,18H2,(H,27,32)(H,28,31)/b13-8+. The van der Waals surface area contributed by atoms with Crippen LogP contribution in [0.1, 0.15) is 48.0 Å². The smallest absolute Gasteiger partial charge is 0.269 e. The van der Waals surface area contributed by atoms with Crippen molar-refractivity contribution in [3.63, 3.8) is 0 Å². The van der Waals surface area contributed by atoms with Crippen molar-refractivity contribution >= 4 is 35.0 Å². The topological polar surface area (TPSA) is 114 Å². The third-order valence-electron chi connectivity index (χ3n) is 6.25. The molecule has 9 heteroatoms. The minimum Gasteiger partial charge on any atom is -0.376 e. The lowest BCUT2D eigenvalue weighted by molar-refractivity contribution is -0.384. The molecule has 0 aromatic heterocycles. The molecule has 2 N–H and O–H groups in total. The number of nitro groups is 1. The summed E-state index contributed by atoms with van der Waals surface area (Å²) in [6.45, 7) is 2.99. The van der Waals surface area contributed by atoms with Crippen LogP contribution in [0.4, 0.5) is 17.1 Å². The minimum absolute atomic E-state index is 0.00861. The number of carbonyl (C=O) groups is 2. The average Bonchev–Trinajstić information content (AvgIpc) is 3.40. The summed E-state index contributed by atoms with van der Waals surface area (Å²) in [5.74, 6) is -0.543. The Kier molecular flexibility index (Phi) is 8.10. The second-order valence-corrected chi connectivity index (χ2v) is 8.80. The lowest BCUT2D eigenvalue weighted by Crippen LogP contribution is -2.35. The number of nitrogens with one attached hydrogen (secondary N) is 2. The first-order valence-electron chi connectivity index (χ1n) is 12.0. The van der Waals surface area contributed by atoms with Gasteiger partial charge in [-0.2, -0.15) is 0 Å². The molecule has 2 aromatic carbocycles. The number of ether oxygens (including phenoxy) is 1. The SMILES string of the molecule is O=C(/C=C/c1ccc([N+](=O)[O-])cc1)Nc1ccc(N2CCCCC2)c(C(=O)NCC2CCCO2)c1. The molecule has 2 aliphatic heterocycles. The van der Waals surface area contributed by atoms with E-state index >= 15 is 0 Å². The number of hydrogen-bond donors (Lipinski definition) is 2. The third kappa shape index (κ3) is 6.66. The maximum absolute atomic E-state index is 13.1. The molecule has 0 radical (unpaired) electrons. The van der Waals surface area contributed by atoms with E-state index in [1.54, 1.807) is 30.3 Å². The van der Waals surface area contributed by atoms with Gasteiger partial charge in [0.2, 0.25) is 5.91 Å². The quantitative estimate of drug-likeness (QED) is 0.335. The maximum atomic E-state index is 13.1. The Labute approximate surface area is 204 Å². The van der Waals surface area contributed by atoms with Crippen LogP contribution in [-0.4, -0.2) is 49.1 Å². The van der Waals surface area contributed by atoms with Crippen molar-refractivity contribution in [1.82, 2.24) is 5.32 Å². The molecule has 4 rings (SSSR count). The molecular weight excluding hydrogens is 448 g/mol. The van der Waals surface area contributed by atoms with Crippen molar-refractivity contribution in [2.45, 2.75) is 38.2 Å². The number of hydrogen-bond acceptors (Lipinski definition) is 6. The number of nitro benzene ring substituents is 1. The highest BCUT2D eigenvalue weighted by atomic mass is 16.6. The molecule has 1 atom stereocenters. The summed E-state index contributed by atoms with van der Waals surface area (Å²) in [5.41, 5.74) is 2.58. The van der Waals surface area contributed by atoms with Crippen molar-refractivity contribution in [2.24, 2.45) is 0 Å². The Morgan fingerprint density at radius 3 is 2.54 bits per heavy atom. The van der Waals surface area contributed by atoms with Gasteiger partial charge in [0.1, 0.15) is 0 Å². The number of rotatable bonds is 8. The second kappa shape index (κ2) is 11.6.